The second-order valence-corrected chi connectivity index (χ2v) is 5.12. The summed E-state index contributed by atoms with van der Waals surface area (Å²) in [5, 5.41) is 2.96. The van der Waals surface area contributed by atoms with Gasteiger partial charge in [-0.25, -0.2) is 15.2 Å². The first-order valence-electron chi connectivity index (χ1n) is 5.87. The molecule has 0 saturated heterocycles. The number of nitrogens with one attached hydrogen (secondary N) is 1. The van der Waals surface area contributed by atoms with E-state index in [1.807, 2.05) is 22.3 Å². The van der Waals surface area contributed by atoms with Crippen molar-refractivity contribution in [2.45, 2.75) is 6.54 Å². The lowest BCUT2D eigenvalue weighted by Crippen LogP contribution is -2.29. The first-order chi connectivity index (χ1) is 9.67. The Morgan fingerprint density at radius 3 is 3.10 bits per heavy atom. The smallest absolute Gasteiger partial charge is 0.294 e. The highest BCUT2D eigenvalue weighted by Crippen LogP contribution is 2.19. The van der Waals surface area contributed by atoms with E-state index in [0.717, 1.165) is 16.6 Å². The number of rotatable bonds is 3. The maximum absolute atomic E-state index is 13.1. The summed E-state index contributed by atoms with van der Waals surface area (Å²) in [6, 6.07) is 6.48. The molecule has 20 heavy (non-hydrogen) atoms. The Hall–Kier alpha value is -2.25. The highest BCUT2D eigenvalue weighted by Gasteiger charge is 2.10. The second kappa shape index (κ2) is 5.03. The highest BCUT2D eigenvalue weighted by molar-refractivity contribution is 7.11. The van der Waals surface area contributed by atoms with Crippen molar-refractivity contribution in [3.63, 3.8) is 0 Å². The fraction of sp³-hybridized carbons (Fsp3) is 0.0769. The maximum Gasteiger partial charge on any atom is 0.294 e. The van der Waals surface area contributed by atoms with Gasteiger partial charge in [0.1, 0.15) is 5.82 Å². The zero-order chi connectivity index (χ0) is 14.1. The van der Waals surface area contributed by atoms with Crippen molar-refractivity contribution in [1.82, 2.24) is 15.0 Å². The lowest BCUT2D eigenvalue weighted by atomic mass is 10.2. The molecule has 0 atom stereocenters. The molecule has 1 aromatic carbocycles. The predicted molar refractivity (Wildman–Crippen MR) is 74.8 cm³/mol. The van der Waals surface area contributed by atoms with Crippen molar-refractivity contribution in [3.8, 4) is 0 Å². The van der Waals surface area contributed by atoms with Crippen LogP contribution in [0.4, 0.5) is 4.39 Å². The largest absolute Gasteiger partial charge is 0.341 e. The molecule has 0 bridgehead atoms. The Kier molecular flexibility index (Phi) is 3.21. The van der Waals surface area contributed by atoms with E-state index in [4.69, 9.17) is 5.84 Å². The maximum atomic E-state index is 13.1. The van der Waals surface area contributed by atoms with Crippen LogP contribution in [0.1, 0.15) is 15.5 Å². The zero-order valence-electron chi connectivity index (χ0n) is 10.3. The molecule has 7 heteroatoms. The van der Waals surface area contributed by atoms with Crippen LogP contribution in [0.5, 0.6) is 0 Å². The van der Waals surface area contributed by atoms with E-state index in [1.165, 1.54) is 23.5 Å². The molecule has 3 rings (SSSR count). The van der Waals surface area contributed by atoms with Crippen molar-refractivity contribution < 1.29 is 9.18 Å². The lowest BCUT2D eigenvalue weighted by Gasteiger charge is -2.02. The molecule has 2 aromatic heterocycles. The SMILES string of the molecule is NNC(=O)c1nc(Cn2ccc3cc(F)ccc32)cs1. The van der Waals surface area contributed by atoms with Gasteiger partial charge in [0.15, 0.2) is 5.01 Å². The van der Waals surface area contributed by atoms with Crippen LogP contribution in [0.25, 0.3) is 10.9 Å². The molecule has 0 radical (unpaired) electrons. The number of benzene rings is 1. The van der Waals surface area contributed by atoms with E-state index in [9.17, 15) is 9.18 Å². The Morgan fingerprint density at radius 1 is 1.45 bits per heavy atom. The number of carbonyl (C=O) groups excluding carboxylic acids is 1. The number of nitrogens with two attached hydrogens (primary N) is 1. The van der Waals surface area contributed by atoms with E-state index >= 15 is 0 Å². The normalized spacial score (nSPS) is 10.9. The van der Waals surface area contributed by atoms with Crippen LogP contribution < -0.4 is 11.3 Å². The molecule has 5 nitrogen and oxygen atoms in total. The van der Waals surface area contributed by atoms with Gasteiger partial charge in [-0.1, -0.05) is 0 Å². The number of thiazole rings is 1. The average Bonchev–Trinajstić information content (AvgIpc) is 3.06. The van der Waals surface area contributed by atoms with Gasteiger partial charge in [-0.15, -0.1) is 11.3 Å². The van der Waals surface area contributed by atoms with Crippen molar-refractivity contribution in [3.05, 3.63) is 52.4 Å². The fourth-order valence-electron chi connectivity index (χ4n) is 2.03. The van der Waals surface area contributed by atoms with E-state index in [2.05, 4.69) is 4.98 Å². The summed E-state index contributed by atoms with van der Waals surface area (Å²) in [6.07, 6.45) is 1.87. The predicted octanol–water partition coefficient (Wildman–Crippen LogP) is 1.89. The zero-order valence-corrected chi connectivity index (χ0v) is 11.2. The van der Waals surface area contributed by atoms with E-state index in [1.54, 1.807) is 11.4 Å². The third-order valence-corrected chi connectivity index (χ3v) is 3.83. The van der Waals surface area contributed by atoms with Gasteiger partial charge < -0.3 is 4.57 Å². The summed E-state index contributed by atoms with van der Waals surface area (Å²) in [4.78, 5) is 15.6. The van der Waals surface area contributed by atoms with Gasteiger partial charge in [0.05, 0.1) is 12.2 Å². The standard InChI is InChI=1S/C13H11FN4OS/c14-9-1-2-11-8(5-9)3-4-18(11)6-10-7-20-13(16-10)12(19)17-15/h1-5,7H,6,15H2,(H,17,19). The molecule has 3 N–H and O–H groups in total. The monoisotopic (exact) mass is 290 g/mol. The Bertz CT molecular complexity index is 780. The van der Waals surface area contributed by atoms with Crippen LogP contribution >= 0.6 is 11.3 Å². The summed E-state index contributed by atoms with van der Waals surface area (Å²) in [5.41, 5.74) is 3.73. The van der Waals surface area contributed by atoms with E-state index < -0.39 is 5.91 Å². The summed E-state index contributed by atoms with van der Waals surface area (Å²) >= 11 is 1.24. The second-order valence-electron chi connectivity index (χ2n) is 4.26. The number of aromatic nitrogens is 2. The summed E-state index contributed by atoms with van der Waals surface area (Å²) in [6.45, 7) is 0.517. The third kappa shape index (κ3) is 2.28. The molecule has 0 aliphatic heterocycles. The molecule has 1 amide bonds. The van der Waals surface area contributed by atoms with Crippen LogP contribution in [-0.2, 0) is 6.54 Å². The number of hydrazine groups is 1. The minimum absolute atomic E-state index is 0.259. The van der Waals surface area contributed by atoms with Crippen LogP contribution in [0.2, 0.25) is 0 Å². The van der Waals surface area contributed by atoms with Crippen LogP contribution in [0.15, 0.2) is 35.8 Å². The Morgan fingerprint density at radius 2 is 2.30 bits per heavy atom. The van der Waals surface area contributed by atoms with Crippen LogP contribution in [0, 0.1) is 5.82 Å². The van der Waals surface area contributed by atoms with Crippen molar-refractivity contribution in [2.75, 3.05) is 0 Å². The summed E-state index contributed by atoms with van der Waals surface area (Å²) in [7, 11) is 0. The van der Waals surface area contributed by atoms with Gasteiger partial charge in [-0.2, -0.15) is 0 Å². The van der Waals surface area contributed by atoms with Gasteiger partial charge in [0.2, 0.25) is 0 Å². The highest BCUT2D eigenvalue weighted by atomic mass is 32.1. The van der Waals surface area contributed by atoms with Crippen LogP contribution in [0.3, 0.4) is 0 Å². The van der Waals surface area contributed by atoms with Gasteiger partial charge in [-0.05, 0) is 24.3 Å². The lowest BCUT2D eigenvalue weighted by molar-refractivity contribution is 0.0953. The first-order valence-corrected chi connectivity index (χ1v) is 6.75. The molecule has 3 aromatic rings. The number of fused-ring (bicyclic) bond motifs is 1. The molecule has 0 fully saturated rings. The van der Waals surface area contributed by atoms with Crippen molar-refractivity contribution in [2.24, 2.45) is 5.84 Å². The molecule has 2 heterocycles. The number of halogens is 1. The number of nitrogen functional groups attached to an aromatic ring is 1. The van der Waals surface area contributed by atoms with Crippen molar-refractivity contribution in [1.29, 1.82) is 0 Å². The van der Waals surface area contributed by atoms with Gasteiger partial charge >= 0.3 is 0 Å². The van der Waals surface area contributed by atoms with Gasteiger partial charge in [0, 0.05) is 22.5 Å². The minimum atomic E-state index is -0.402. The van der Waals surface area contributed by atoms with Crippen molar-refractivity contribution >= 4 is 28.1 Å². The third-order valence-electron chi connectivity index (χ3n) is 2.94. The first kappa shape index (κ1) is 12.8. The molecule has 0 unspecified atom stereocenters. The Labute approximate surface area is 117 Å². The molecule has 0 aliphatic carbocycles. The molecule has 102 valence electrons. The molecular formula is C13H11FN4OS. The minimum Gasteiger partial charge on any atom is -0.341 e. The quantitative estimate of drug-likeness (QED) is 0.439. The molecule has 0 spiro atoms. The fourth-order valence-corrected chi connectivity index (χ4v) is 2.74. The number of nitrogens with zero attached hydrogens (tertiary/aromatic N) is 2. The number of amides is 1. The summed E-state index contributed by atoms with van der Waals surface area (Å²) in [5.74, 6) is 4.40. The Balaban J connectivity index is 1.89. The number of hydrogen-bond acceptors (Lipinski definition) is 4. The summed E-state index contributed by atoms with van der Waals surface area (Å²) < 4.78 is 15.1. The van der Waals surface area contributed by atoms with Crippen LogP contribution in [-0.4, -0.2) is 15.5 Å². The number of hydrogen-bond donors (Lipinski definition) is 2. The molecule has 0 aliphatic rings. The number of carbonyl (C=O) groups is 1. The molecule has 0 saturated carbocycles. The van der Waals surface area contributed by atoms with E-state index in [-0.39, 0.29) is 5.82 Å². The van der Waals surface area contributed by atoms with E-state index in [0.29, 0.717) is 11.6 Å². The topological polar surface area (TPSA) is 72.9 Å². The van der Waals surface area contributed by atoms with Gasteiger partial charge in [0.25, 0.3) is 5.91 Å². The average molecular weight is 290 g/mol. The molecular weight excluding hydrogens is 279 g/mol. The van der Waals surface area contributed by atoms with Gasteiger partial charge in [-0.3, -0.25) is 10.2 Å².